The summed E-state index contributed by atoms with van der Waals surface area (Å²) in [5.74, 6) is 0. The van der Waals surface area contributed by atoms with Gasteiger partial charge >= 0.3 is 0 Å². The number of rotatable bonds is 5. The van der Waals surface area contributed by atoms with Crippen LogP contribution in [0.5, 0.6) is 0 Å². The van der Waals surface area contributed by atoms with Gasteiger partial charge in [-0.1, -0.05) is 35.4 Å². The number of aryl methyl sites for hydroxylation is 2. The van der Waals surface area contributed by atoms with E-state index < -0.39 is 0 Å². The maximum atomic E-state index is 4.52. The monoisotopic (exact) mass is 390 g/mol. The molecule has 0 radical (unpaired) electrons. The first kappa shape index (κ1) is 19.4. The van der Waals surface area contributed by atoms with Crippen molar-refractivity contribution in [3.05, 3.63) is 108 Å². The molecule has 4 aromatic rings. The summed E-state index contributed by atoms with van der Waals surface area (Å²) in [6.07, 6.45) is 7.17. The average Bonchev–Trinajstić information content (AvgIpc) is 2.79. The first-order chi connectivity index (χ1) is 14.7. The molecule has 0 saturated heterocycles. The number of aliphatic imine (C=N–C) groups is 2. The number of nitrogens with zero attached hydrogens (tertiary/aromatic N) is 4. The quantitative estimate of drug-likeness (QED) is 0.378. The predicted molar refractivity (Wildman–Crippen MR) is 124 cm³/mol. The van der Waals surface area contributed by atoms with E-state index in [0.717, 1.165) is 33.9 Å². The molecule has 2 aromatic heterocycles. The summed E-state index contributed by atoms with van der Waals surface area (Å²) in [5.41, 5.74) is 7.98. The third-order valence-electron chi connectivity index (χ3n) is 4.66. The van der Waals surface area contributed by atoms with Gasteiger partial charge in [0.2, 0.25) is 0 Å². The van der Waals surface area contributed by atoms with E-state index in [1.165, 1.54) is 11.1 Å². The maximum Gasteiger partial charge on any atom is 0.0818 e. The highest BCUT2D eigenvalue weighted by Crippen LogP contribution is 2.20. The Labute approximate surface area is 176 Å². The molecule has 146 valence electrons. The first-order valence-corrected chi connectivity index (χ1v) is 9.80. The summed E-state index contributed by atoms with van der Waals surface area (Å²) in [6, 6.07) is 24.2. The zero-order chi connectivity index (χ0) is 20.8. The highest BCUT2D eigenvalue weighted by atomic mass is 14.8. The zero-order valence-corrected chi connectivity index (χ0v) is 17.0. The van der Waals surface area contributed by atoms with Gasteiger partial charge in [0.25, 0.3) is 0 Å². The lowest BCUT2D eigenvalue weighted by molar-refractivity contribution is 1.28. The van der Waals surface area contributed by atoms with Crippen LogP contribution in [0.4, 0.5) is 11.4 Å². The van der Waals surface area contributed by atoms with Gasteiger partial charge in [-0.15, -0.1) is 0 Å². The fraction of sp³-hybridized carbons (Fsp3) is 0.0769. The van der Waals surface area contributed by atoms with Crippen LogP contribution in [-0.2, 0) is 0 Å². The molecule has 0 spiro atoms. The number of aromatic nitrogens is 2. The SMILES string of the molecule is Cc1ccc(N=Cc2cc(-c3ccnc(C=Nc4ccc(C)cc4)c3)ccn2)cc1. The second-order valence-corrected chi connectivity index (χ2v) is 7.13. The first-order valence-electron chi connectivity index (χ1n) is 9.80. The number of hydrogen-bond acceptors (Lipinski definition) is 4. The van der Waals surface area contributed by atoms with Gasteiger partial charge in [-0.05, 0) is 73.5 Å². The molecule has 4 heteroatoms. The molecule has 4 rings (SSSR count). The van der Waals surface area contributed by atoms with E-state index in [-0.39, 0.29) is 0 Å². The fourth-order valence-corrected chi connectivity index (χ4v) is 2.94. The van der Waals surface area contributed by atoms with Crippen molar-refractivity contribution >= 4 is 23.8 Å². The minimum atomic E-state index is 0.805. The van der Waals surface area contributed by atoms with E-state index in [1.54, 1.807) is 24.8 Å². The molecule has 2 aromatic carbocycles. The Bertz CT molecular complexity index is 1090. The van der Waals surface area contributed by atoms with Crippen molar-refractivity contribution in [3.63, 3.8) is 0 Å². The second-order valence-electron chi connectivity index (χ2n) is 7.13. The lowest BCUT2D eigenvalue weighted by Crippen LogP contribution is -1.91. The molecule has 0 N–H and O–H groups in total. The van der Waals surface area contributed by atoms with Gasteiger partial charge in [-0.2, -0.15) is 0 Å². The number of hydrogen-bond donors (Lipinski definition) is 0. The van der Waals surface area contributed by atoms with Crippen molar-refractivity contribution in [3.8, 4) is 11.1 Å². The average molecular weight is 390 g/mol. The molecule has 30 heavy (non-hydrogen) atoms. The summed E-state index contributed by atoms with van der Waals surface area (Å²) in [4.78, 5) is 17.9. The van der Waals surface area contributed by atoms with Crippen LogP contribution in [0.25, 0.3) is 11.1 Å². The summed E-state index contributed by atoms with van der Waals surface area (Å²) >= 11 is 0. The van der Waals surface area contributed by atoms with E-state index in [9.17, 15) is 0 Å². The Morgan fingerprint density at radius 1 is 0.567 bits per heavy atom. The Kier molecular flexibility index (Phi) is 5.85. The van der Waals surface area contributed by atoms with Crippen molar-refractivity contribution in [2.24, 2.45) is 9.98 Å². The standard InChI is InChI=1S/C26H22N4/c1-19-3-7-23(8-4-19)29-17-25-15-21(11-13-27-25)22-12-14-28-26(16-22)18-30-24-9-5-20(2)6-10-24/h3-18H,1-2H3. The molecule has 0 atom stereocenters. The molecule has 2 heterocycles. The third-order valence-corrected chi connectivity index (χ3v) is 4.66. The van der Waals surface area contributed by atoms with Gasteiger partial charge < -0.3 is 0 Å². The molecule has 4 nitrogen and oxygen atoms in total. The molecule has 0 amide bonds. The second kappa shape index (κ2) is 9.05. The maximum absolute atomic E-state index is 4.52. The number of benzene rings is 2. The zero-order valence-electron chi connectivity index (χ0n) is 17.0. The van der Waals surface area contributed by atoms with Crippen LogP contribution < -0.4 is 0 Å². The van der Waals surface area contributed by atoms with Gasteiger partial charge in [0.15, 0.2) is 0 Å². The van der Waals surface area contributed by atoms with Crippen molar-refractivity contribution < 1.29 is 0 Å². The van der Waals surface area contributed by atoms with Crippen LogP contribution >= 0.6 is 0 Å². The smallest absolute Gasteiger partial charge is 0.0818 e. The van der Waals surface area contributed by atoms with E-state index in [2.05, 4.69) is 33.8 Å². The van der Waals surface area contributed by atoms with Gasteiger partial charge in [0.05, 0.1) is 35.2 Å². The summed E-state index contributed by atoms with van der Waals surface area (Å²) in [6.45, 7) is 4.12. The van der Waals surface area contributed by atoms with E-state index in [4.69, 9.17) is 0 Å². The molecular weight excluding hydrogens is 368 g/mol. The normalized spacial score (nSPS) is 11.4. The van der Waals surface area contributed by atoms with Crippen molar-refractivity contribution in [1.82, 2.24) is 9.97 Å². The molecule has 0 aliphatic carbocycles. The fourth-order valence-electron chi connectivity index (χ4n) is 2.94. The lowest BCUT2D eigenvalue weighted by Gasteiger charge is -2.03. The van der Waals surface area contributed by atoms with Crippen LogP contribution in [0.3, 0.4) is 0 Å². The summed E-state index contributed by atoms with van der Waals surface area (Å²) in [5, 5.41) is 0. The minimum Gasteiger partial charge on any atom is -0.255 e. The predicted octanol–water partition coefficient (Wildman–Crippen LogP) is 6.26. The topological polar surface area (TPSA) is 50.5 Å². The molecule has 0 bridgehead atoms. The van der Waals surface area contributed by atoms with Gasteiger partial charge in [0, 0.05) is 12.4 Å². The largest absolute Gasteiger partial charge is 0.255 e. The Morgan fingerprint density at radius 2 is 0.967 bits per heavy atom. The molecule has 0 unspecified atom stereocenters. The minimum absolute atomic E-state index is 0.805. The van der Waals surface area contributed by atoms with Crippen LogP contribution in [0.1, 0.15) is 22.5 Å². The Balaban J connectivity index is 1.54. The molecular formula is C26H22N4. The molecule has 0 saturated carbocycles. The highest BCUT2D eigenvalue weighted by Gasteiger charge is 2.01. The van der Waals surface area contributed by atoms with Crippen molar-refractivity contribution in [1.29, 1.82) is 0 Å². The van der Waals surface area contributed by atoms with Crippen molar-refractivity contribution in [2.45, 2.75) is 13.8 Å². The van der Waals surface area contributed by atoms with E-state index in [1.807, 2.05) is 72.8 Å². The van der Waals surface area contributed by atoms with Crippen LogP contribution in [0.2, 0.25) is 0 Å². The Hall–Kier alpha value is -3.92. The lowest BCUT2D eigenvalue weighted by atomic mass is 10.1. The van der Waals surface area contributed by atoms with Crippen LogP contribution in [0.15, 0.2) is 95.2 Å². The third kappa shape index (κ3) is 5.11. The number of pyridine rings is 2. The van der Waals surface area contributed by atoms with Crippen molar-refractivity contribution in [2.75, 3.05) is 0 Å². The molecule has 0 aliphatic heterocycles. The Morgan fingerprint density at radius 3 is 1.37 bits per heavy atom. The van der Waals surface area contributed by atoms with Gasteiger partial charge in [-0.25, -0.2) is 0 Å². The molecule has 0 aliphatic rings. The van der Waals surface area contributed by atoms with Gasteiger partial charge in [0.1, 0.15) is 0 Å². The van der Waals surface area contributed by atoms with Gasteiger partial charge in [-0.3, -0.25) is 20.0 Å². The molecule has 0 fully saturated rings. The van der Waals surface area contributed by atoms with E-state index in [0.29, 0.717) is 0 Å². The van der Waals surface area contributed by atoms with Crippen LogP contribution in [0, 0.1) is 13.8 Å². The summed E-state index contributed by atoms with van der Waals surface area (Å²) in [7, 11) is 0. The summed E-state index contributed by atoms with van der Waals surface area (Å²) < 4.78 is 0. The van der Waals surface area contributed by atoms with Crippen LogP contribution in [-0.4, -0.2) is 22.4 Å². The highest BCUT2D eigenvalue weighted by molar-refractivity contribution is 5.84. The van der Waals surface area contributed by atoms with E-state index >= 15 is 0 Å².